The quantitative estimate of drug-likeness (QED) is 0.870. The standard InChI is InChI=1S/C17H19N3O/c21-17-13-2-1-3-14-16(13)12(8-18-14)9-20(17)15-10-19-6-4-11(15)5-7-19/h1-3,8,11,15,18H,4-7,9-10H2/t15-/m0/s1. The third-order valence-electron chi connectivity index (χ3n) is 5.64. The van der Waals surface area contributed by atoms with Crippen molar-refractivity contribution >= 4 is 16.8 Å². The zero-order valence-electron chi connectivity index (χ0n) is 12.0. The number of rotatable bonds is 1. The number of hydrogen-bond acceptors (Lipinski definition) is 2. The maximum atomic E-state index is 13.0. The molecule has 0 unspecified atom stereocenters. The van der Waals surface area contributed by atoms with Crippen LogP contribution >= 0.6 is 0 Å². The highest BCUT2D eigenvalue weighted by molar-refractivity contribution is 6.09. The molecule has 4 nitrogen and oxygen atoms in total. The topological polar surface area (TPSA) is 39.3 Å². The number of amides is 1. The smallest absolute Gasteiger partial charge is 0.255 e. The third-order valence-corrected chi connectivity index (χ3v) is 5.64. The lowest BCUT2D eigenvalue weighted by molar-refractivity contribution is 0.00408. The predicted octanol–water partition coefficient (Wildman–Crippen LogP) is 2.22. The van der Waals surface area contributed by atoms with Crippen LogP contribution in [-0.4, -0.2) is 46.4 Å². The number of fused-ring (bicyclic) bond motifs is 3. The van der Waals surface area contributed by atoms with E-state index < -0.39 is 0 Å². The first kappa shape index (κ1) is 11.8. The summed E-state index contributed by atoms with van der Waals surface area (Å²) in [6, 6.07) is 6.42. The van der Waals surface area contributed by atoms with E-state index in [-0.39, 0.29) is 5.91 Å². The Morgan fingerprint density at radius 2 is 2.05 bits per heavy atom. The van der Waals surface area contributed by atoms with Gasteiger partial charge < -0.3 is 14.8 Å². The molecule has 21 heavy (non-hydrogen) atoms. The highest BCUT2D eigenvalue weighted by Gasteiger charge is 2.41. The van der Waals surface area contributed by atoms with Crippen LogP contribution in [-0.2, 0) is 6.54 Å². The van der Waals surface area contributed by atoms with Gasteiger partial charge in [0, 0.05) is 41.8 Å². The molecule has 0 aliphatic carbocycles. The fourth-order valence-electron chi connectivity index (χ4n) is 4.52. The summed E-state index contributed by atoms with van der Waals surface area (Å²) in [5.74, 6) is 0.921. The fraction of sp³-hybridized carbons (Fsp3) is 0.471. The summed E-state index contributed by atoms with van der Waals surface area (Å²) in [4.78, 5) is 20.9. The van der Waals surface area contributed by atoms with E-state index in [9.17, 15) is 4.79 Å². The zero-order chi connectivity index (χ0) is 14.0. The Kier molecular flexibility index (Phi) is 2.31. The lowest BCUT2D eigenvalue weighted by atomic mass is 9.82. The van der Waals surface area contributed by atoms with Crippen LogP contribution in [0.2, 0.25) is 0 Å². The van der Waals surface area contributed by atoms with Gasteiger partial charge >= 0.3 is 0 Å². The van der Waals surface area contributed by atoms with Crippen molar-refractivity contribution in [3.63, 3.8) is 0 Å². The summed E-state index contributed by atoms with van der Waals surface area (Å²) in [6.07, 6.45) is 4.58. The maximum absolute atomic E-state index is 13.0. The summed E-state index contributed by atoms with van der Waals surface area (Å²) in [5, 5.41) is 1.14. The molecule has 0 radical (unpaired) electrons. The molecule has 1 aromatic heterocycles. The second-order valence-corrected chi connectivity index (χ2v) is 6.68. The summed E-state index contributed by atoms with van der Waals surface area (Å²) >= 11 is 0. The molecule has 3 saturated heterocycles. The minimum Gasteiger partial charge on any atom is -0.361 e. The van der Waals surface area contributed by atoms with Crippen LogP contribution in [0.25, 0.3) is 10.9 Å². The number of piperidine rings is 3. The van der Waals surface area contributed by atoms with E-state index >= 15 is 0 Å². The van der Waals surface area contributed by atoms with Crippen molar-refractivity contribution < 1.29 is 4.79 Å². The zero-order valence-corrected chi connectivity index (χ0v) is 12.0. The number of hydrogen-bond donors (Lipinski definition) is 1. The molecule has 4 aliphatic rings. The minimum atomic E-state index is 0.228. The van der Waals surface area contributed by atoms with Gasteiger partial charge in [-0.2, -0.15) is 0 Å². The molecule has 1 N–H and O–H groups in total. The first-order valence-electron chi connectivity index (χ1n) is 7.93. The Morgan fingerprint density at radius 1 is 1.19 bits per heavy atom. The van der Waals surface area contributed by atoms with E-state index in [4.69, 9.17) is 0 Å². The average molecular weight is 281 g/mol. The van der Waals surface area contributed by atoms with Crippen LogP contribution in [0.1, 0.15) is 28.8 Å². The van der Waals surface area contributed by atoms with Crippen molar-refractivity contribution in [2.75, 3.05) is 19.6 Å². The highest BCUT2D eigenvalue weighted by atomic mass is 16.2. The van der Waals surface area contributed by atoms with Gasteiger partial charge in [0.15, 0.2) is 0 Å². The lowest BCUT2D eigenvalue weighted by Gasteiger charge is -2.49. The van der Waals surface area contributed by atoms with Crippen LogP contribution < -0.4 is 0 Å². The van der Waals surface area contributed by atoms with Gasteiger partial charge in [-0.25, -0.2) is 0 Å². The van der Waals surface area contributed by atoms with Crippen molar-refractivity contribution in [2.45, 2.75) is 25.4 Å². The van der Waals surface area contributed by atoms with Crippen molar-refractivity contribution in [1.29, 1.82) is 0 Å². The van der Waals surface area contributed by atoms with Crippen molar-refractivity contribution in [1.82, 2.24) is 14.8 Å². The number of carbonyl (C=O) groups excluding carboxylic acids is 1. The SMILES string of the molecule is O=C1c2cccc3[nH]cc(c23)CN1[C@H]1CN2CCC1CC2. The fourth-order valence-corrected chi connectivity index (χ4v) is 4.52. The van der Waals surface area contributed by atoms with Gasteiger partial charge in [-0.3, -0.25) is 4.79 Å². The average Bonchev–Trinajstić information content (AvgIpc) is 2.96. The second-order valence-electron chi connectivity index (χ2n) is 6.68. The Labute approximate surface area is 123 Å². The van der Waals surface area contributed by atoms with Gasteiger partial charge in [0.05, 0.1) is 0 Å². The van der Waals surface area contributed by atoms with E-state index in [0.29, 0.717) is 12.0 Å². The molecule has 0 saturated carbocycles. The number of nitrogens with one attached hydrogen (secondary N) is 1. The molecule has 108 valence electrons. The largest absolute Gasteiger partial charge is 0.361 e. The normalized spacial score (nSPS) is 31.1. The molecule has 1 aromatic carbocycles. The van der Waals surface area contributed by atoms with Gasteiger partial charge in [0.2, 0.25) is 0 Å². The number of carbonyl (C=O) groups is 1. The molecular weight excluding hydrogens is 262 g/mol. The van der Waals surface area contributed by atoms with E-state index in [1.165, 1.54) is 31.5 Å². The van der Waals surface area contributed by atoms with Crippen LogP contribution in [0.4, 0.5) is 0 Å². The Balaban J connectivity index is 1.57. The summed E-state index contributed by atoms with van der Waals surface area (Å²) in [7, 11) is 0. The Bertz CT molecular complexity index is 727. The first-order valence-corrected chi connectivity index (χ1v) is 7.93. The van der Waals surface area contributed by atoms with E-state index in [0.717, 1.165) is 29.6 Å². The molecule has 0 spiro atoms. The molecule has 6 rings (SSSR count). The van der Waals surface area contributed by atoms with Crippen LogP contribution in [0.5, 0.6) is 0 Å². The van der Waals surface area contributed by atoms with Gasteiger partial charge in [0.25, 0.3) is 5.91 Å². The van der Waals surface area contributed by atoms with Gasteiger partial charge in [-0.15, -0.1) is 0 Å². The van der Waals surface area contributed by atoms with Crippen molar-refractivity contribution in [2.24, 2.45) is 5.92 Å². The van der Waals surface area contributed by atoms with Gasteiger partial charge in [-0.1, -0.05) is 6.07 Å². The van der Waals surface area contributed by atoms with E-state index in [2.05, 4.69) is 27.0 Å². The first-order chi connectivity index (χ1) is 10.3. The molecule has 5 heterocycles. The van der Waals surface area contributed by atoms with Crippen LogP contribution in [0.3, 0.4) is 0 Å². The lowest BCUT2D eigenvalue weighted by Crippen LogP contribution is -2.58. The Morgan fingerprint density at radius 3 is 2.81 bits per heavy atom. The Hall–Kier alpha value is -1.81. The number of H-pyrrole nitrogens is 1. The van der Waals surface area contributed by atoms with Crippen molar-refractivity contribution in [3.05, 3.63) is 35.5 Å². The van der Waals surface area contributed by atoms with Gasteiger partial charge in [-0.05, 0) is 49.5 Å². The number of aromatic nitrogens is 1. The molecule has 1 amide bonds. The maximum Gasteiger partial charge on any atom is 0.255 e. The second kappa shape index (κ2) is 4.10. The summed E-state index contributed by atoms with van der Waals surface area (Å²) in [6.45, 7) is 4.26. The third kappa shape index (κ3) is 1.57. The molecular formula is C17H19N3O. The highest BCUT2D eigenvalue weighted by Crippen LogP contribution is 2.36. The molecule has 4 aliphatic heterocycles. The van der Waals surface area contributed by atoms with Gasteiger partial charge in [0.1, 0.15) is 0 Å². The van der Waals surface area contributed by atoms with Crippen molar-refractivity contribution in [3.8, 4) is 0 Å². The van der Waals surface area contributed by atoms with E-state index in [1.54, 1.807) is 0 Å². The number of nitrogens with zero attached hydrogens (tertiary/aromatic N) is 2. The molecule has 3 fully saturated rings. The van der Waals surface area contributed by atoms with Crippen LogP contribution in [0, 0.1) is 5.92 Å². The van der Waals surface area contributed by atoms with Crippen LogP contribution in [0.15, 0.2) is 24.4 Å². The molecule has 1 atom stereocenters. The molecule has 4 heteroatoms. The number of aromatic amines is 1. The summed E-state index contributed by atoms with van der Waals surface area (Å²) < 4.78 is 0. The minimum absolute atomic E-state index is 0.228. The molecule has 2 aromatic rings. The monoisotopic (exact) mass is 281 g/mol. The number of benzene rings is 1. The predicted molar refractivity (Wildman–Crippen MR) is 81.1 cm³/mol. The van der Waals surface area contributed by atoms with E-state index in [1.807, 2.05) is 12.1 Å². The molecule has 2 bridgehead atoms. The summed E-state index contributed by atoms with van der Waals surface area (Å²) in [5.41, 5.74) is 3.24.